The number of anilines is 1. The first-order chi connectivity index (χ1) is 8.72. The third-order valence-corrected chi connectivity index (χ3v) is 3.26. The SMILES string of the molecule is N#CCOc1ccc(N2C(=O)C3CC3C2=O)cc1. The van der Waals surface area contributed by atoms with Crippen molar-refractivity contribution in [1.29, 1.82) is 5.26 Å². The van der Waals surface area contributed by atoms with Gasteiger partial charge in [0.2, 0.25) is 11.8 Å². The number of amides is 2. The van der Waals surface area contributed by atoms with Crippen LogP contribution in [0.4, 0.5) is 5.69 Å². The minimum absolute atomic E-state index is 0.0227. The van der Waals surface area contributed by atoms with Crippen molar-refractivity contribution in [2.24, 2.45) is 11.8 Å². The molecule has 1 saturated carbocycles. The molecule has 2 aliphatic rings. The fourth-order valence-corrected chi connectivity index (χ4v) is 2.24. The van der Waals surface area contributed by atoms with E-state index >= 15 is 0 Å². The highest BCUT2D eigenvalue weighted by atomic mass is 16.5. The molecular formula is C13H10N2O3. The number of piperidine rings is 1. The summed E-state index contributed by atoms with van der Waals surface area (Å²) < 4.78 is 5.11. The minimum Gasteiger partial charge on any atom is -0.479 e. The number of ether oxygens (including phenoxy) is 1. The zero-order valence-electron chi connectivity index (χ0n) is 9.50. The first-order valence-electron chi connectivity index (χ1n) is 5.70. The second-order valence-electron chi connectivity index (χ2n) is 4.40. The van der Waals surface area contributed by atoms with E-state index in [0.29, 0.717) is 17.9 Å². The Kier molecular flexibility index (Phi) is 2.30. The molecule has 1 aliphatic carbocycles. The molecule has 1 heterocycles. The maximum atomic E-state index is 11.8. The smallest absolute Gasteiger partial charge is 0.237 e. The van der Waals surface area contributed by atoms with Gasteiger partial charge < -0.3 is 4.74 Å². The van der Waals surface area contributed by atoms with Crippen molar-refractivity contribution >= 4 is 17.5 Å². The molecule has 3 rings (SSSR count). The van der Waals surface area contributed by atoms with Gasteiger partial charge in [-0.15, -0.1) is 0 Å². The third-order valence-electron chi connectivity index (χ3n) is 3.26. The summed E-state index contributed by atoms with van der Waals surface area (Å²) in [6, 6.07) is 8.49. The Bertz CT molecular complexity index is 539. The number of hydrogen-bond donors (Lipinski definition) is 0. The molecule has 0 bridgehead atoms. The van der Waals surface area contributed by atoms with E-state index in [4.69, 9.17) is 10.00 Å². The zero-order valence-corrected chi connectivity index (χ0v) is 9.50. The largest absolute Gasteiger partial charge is 0.479 e. The fraction of sp³-hybridized carbons (Fsp3) is 0.308. The van der Waals surface area contributed by atoms with Gasteiger partial charge in [-0.05, 0) is 30.7 Å². The van der Waals surface area contributed by atoms with Crippen molar-refractivity contribution in [1.82, 2.24) is 0 Å². The van der Waals surface area contributed by atoms with Gasteiger partial charge in [-0.3, -0.25) is 14.5 Å². The van der Waals surface area contributed by atoms with Gasteiger partial charge in [0.1, 0.15) is 11.8 Å². The molecule has 2 atom stereocenters. The van der Waals surface area contributed by atoms with E-state index in [9.17, 15) is 9.59 Å². The van der Waals surface area contributed by atoms with Crippen molar-refractivity contribution in [3.63, 3.8) is 0 Å². The molecule has 0 aromatic heterocycles. The Labute approximate surface area is 104 Å². The molecule has 1 aliphatic heterocycles. The first kappa shape index (κ1) is 10.8. The van der Waals surface area contributed by atoms with Crippen molar-refractivity contribution in [3.05, 3.63) is 24.3 Å². The van der Waals surface area contributed by atoms with E-state index < -0.39 is 0 Å². The Morgan fingerprint density at radius 3 is 2.39 bits per heavy atom. The molecule has 1 aromatic carbocycles. The lowest BCUT2D eigenvalue weighted by Gasteiger charge is -2.16. The van der Waals surface area contributed by atoms with Crippen molar-refractivity contribution in [2.75, 3.05) is 11.5 Å². The highest BCUT2D eigenvalue weighted by Gasteiger charge is 2.59. The number of hydrogen-bond acceptors (Lipinski definition) is 4. The van der Waals surface area contributed by atoms with Gasteiger partial charge in [0.05, 0.1) is 17.5 Å². The predicted octanol–water partition coefficient (Wildman–Crippen LogP) is 1.10. The monoisotopic (exact) mass is 242 g/mol. The van der Waals surface area contributed by atoms with Crippen LogP contribution in [0.15, 0.2) is 24.3 Å². The quantitative estimate of drug-likeness (QED) is 0.744. The molecule has 90 valence electrons. The summed E-state index contributed by atoms with van der Waals surface area (Å²) in [5.41, 5.74) is 0.571. The maximum absolute atomic E-state index is 11.8. The topological polar surface area (TPSA) is 70.4 Å². The lowest BCUT2D eigenvalue weighted by atomic mass is 10.2. The summed E-state index contributed by atoms with van der Waals surface area (Å²) in [7, 11) is 0. The minimum atomic E-state index is -0.101. The Morgan fingerprint density at radius 1 is 1.22 bits per heavy atom. The lowest BCUT2D eigenvalue weighted by molar-refractivity contribution is -0.123. The van der Waals surface area contributed by atoms with Crippen LogP contribution >= 0.6 is 0 Å². The molecule has 0 spiro atoms. The Morgan fingerprint density at radius 2 is 1.83 bits per heavy atom. The average molecular weight is 242 g/mol. The van der Waals surface area contributed by atoms with E-state index in [1.165, 1.54) is 4.90 Å². The van der Waals surface area contributed by atoms with Crippen LogP contribution in [0.25, 0.3) is 0 Å². The number of nitrogens with zero attached hydrogens (tertiary/aromatic N) is 2. The Hall–Kier alpha value is -2.35. The molecule has 2 fully saturated rings. The highest BCUT2D eigenvalue weighted by Crippen LogP contribution is 2.48. The predicted molar refractivity (Wildman–Crippen MR) is 61.6 cm³/mol. The normalized spacial score (nSPS) is 24.7. The molecule has 18 heavy (non-hydrogen) atoms. The third kappa shape index (κ3) is 1.54. The van der Waals surface area contributed by atoms with Gasteiger partial charge in [0.15, 0.2) is 6.61 Å². The molecule has 0 radical (unpaired) electrons. The van der Waals surface area contributed by atoms with Crippen LogP contribution in [0.1, 0.15) is 6.42 Å². The van der Waals surface area contributed by atoms with Crippen LogP contribution in [-0.4, -0.2) is 18.4 Å². The molecule has 5 nitrogen and oxygen atoms in total. The fourth-order valence-electron chi connectivity index (χ4n) is 2.24. The van der Waals surface area contributed by atoms with Gasteiger partial charge in [0, 0.05) is 0 Å². The second-order valence-corrected chi connectivity index (χ2v) is 4.40. The Balaban J connectivity index is 1.79. The summed E-state index contributed by atoms with van der Waals surface area (Å²) in [6.07, 6.45) is 0.706. The zero-order chi connectivity index (χ0) is 12.7. The molecule has 2 amide bonds. The number of imide groups is 1. The van der Waals surface area contributed by atoms with Crippen molar-refractivity contribution < 1.29 is 14.3 Å². The number of benzene rings is 1. The molecule has 1 saturated heterocycles. The van der Waals surface area contributed by atoms with Gasteiger partial charge in [0.25, 0.3) is 0 Å². The number of carbonyl (C=O) groups excluding carboxylic acids is 2. The molecule has 0 N–H and O–H groups in total. The summed E-state index contributed by atoms with van der Waals surface area (Å²) in [6.45, 7) is -0.0227. The van der Waals surface area contributed by atoms with Crippen LogP contribution in [0.3, 0.4) is 0 Å². The molecular weight excluding hydrogens is 232 g/mol. The molecule has 2 unspecified atom stereocenters. The molecule has 1 aromatic rings. The van der Waals surface area contributed by atoms with Gasteiger partial charge >= 0.3 is 0 Å². The number of carbonyl (C=O) groups is 2. The van der Waals surface area contributed by atoms with E-state index in [0.717, 1.165) is 0 Å². The van der Waals surface area contributed by atoms with E-state index in [2.05, 4.69) is 0 Å². The van der Waals surface area contributed by atoms with Crippen LogP contribution < -0.4 is 9.64 Å². The van der Waals surface area contributed by atoms with Crippen LogP contribution in [-0.2, 0) is 9.59 Å². The van der Waals surface area contributed by atoms with E-state index in [1.807, 2.05) is 6.07 Å². The van der Waals surface area contributed by atoms with E-state index in [-0.39, 0.29) is 30.3 Å². The van der Waals surface area contributed by atoms with Crippen LogP contribution in [0.5, 0.6) is 5.75 Å². The standard InChI is InChI=1S/C13H10N2O3/c14-5-6-18-9-3-1-8(2-4-9)15-12(16)10-7-11(10)13(15)17/h1-4,10-11H,6-7H2. The van der Waals surface area contributed by atoms with Crippen molar-refractivity contribution in [2.45, 2.75) is 6.42 Å². The summed E-state index contributed by atoms with van der Waals surface area (Å²) in [5, 5.41) is 8.39. The lowest BCUT2D eigenvalue weighted by Crippen LogP contribution is -2.32. The number of rotatable bonds is 3. The first-order valence-corrected chi connectivity index (χ1v) is 5.70. The molecule has 5 heteroatoms. The average Bonchev–Trinajstić information content (AvgIpc) is 3.13. The summed E-state index contributed by atoms with van der Waals surface area (Å²) >= 11 is 0. The maximum Gasteiger partial charge on any atom is 0.237 e. The van der Waals surface area contributed by atoms with Gasteiger partial charge in [-0.1, -0.05) is 0 Å². The van der Waals surface area contributed by atoms with Gasteiger partial charge in [-0.2, -0.15) is 5.26 Å². The van der Waals surface area contributed by atoms with Crippen LogP contribution in [0.2, 0.25) is 0 Å². The van der Waals surface area contributed by atoms with Gasteiger partial charge in [-0.25, -0.2) is 0 Å². The summed E-state index contributed by atoms with van der Waals surface area (Å²) in [4.78, 5) is 24.9. The number of nitriles is 1. The highest BCUT2D eigenvalue weighted by molar-refractivity contribution is 6.24. The van der Waals surface area contributed by atoms with Crippen LogP contribution in [0, 0.1) is 23.2 Å². The number of fused-ring (bicyclic) bond motifs is 1. The van der Waals surface area contributed by atoms with Crippen molar-refractivity contribution in [3.8, 4) is 11.8 Å². The summed E-state index contributed by atoms with van der Waals surface area (Å²) in [5.74, 6) is 0.162. The second kappa shape index (κ2) is 3.84. The van der Waals surface area contributed by atoms with E-state index in [1.54, 1.807) is 24.3 Å².